The van der Waals surface area contributed by atoms with E-state index in [1.807, 2.05) is 34.0 Å². The highest BCUT2D eigenvalue weighted by Gasteiger charge is 2.20. The third-order valence-corrected chi connectivity index (χ3v) is 4.35. The SMILES string of the molecule is CCNC(=NCc1ccc(-n2ccnc2)nc1)N1CCN(C(C)=O)CC1.I. The number of carbonyl (C=O) groups excluding carboxylic acids is 1. The maximum atomic E-state index is 11.5. The number of rotatable bonds is 4. The molecular weight excluding hydrogens is 457 g/mol. The number of amides is 1. The zero-order valence-corrected chi connectivity index (χ0v) is 18.0. The van der Waals surface area contributed by atoms with Gasteiger partial charge in [0.1, 0.15) is 12.1 Å². The number of hydrogen-bond donors (Lipinski definition) is 1. The van der Waals surface area contributed by atoms with Crippen LogP contribution in [0.3, 0.4) is 0 Å². The minimum atomic E-state index is 0. The molecule has 0 aromatic carbocycles. The van der Waals surface area contributed by atoms with E-state index in [0.717, 1.165) is 50.1 Å². The minimum Gasteiger partial charge on any atom is -0.357 e. The molecule has 0 aliphatic carbocycles. The van der Waals surface area contributed by atoms with Crippen molar-refractivity contribution < 1.29 is 4.79 Å². The molecule has 1 N–H and O–H groups in total. The van der Waals surface area contributed by atoms with Crippen molar-refractivity contribution in [2.45, 2.75) is 20.4 Å². The highest BCUT2D eigenvalue weighted by Crippen LogP contribution is 2.08. The van der Waals surface area contributed by atoms with Gasteiger partial charge in [-0.1, -0.05) is 6.07 Å². The van der Waals surface area contributed by atoms with E-state index in [4.69, 9.17) is 4.99 Å². The van der Waals surface area contributed by atoms with Gasteiger partial charge in [0.2, 0.25) is 5.91 Å². The Morgan fingerprint density at radius 2 is 1.96 bits per heavy atom. The number of pyridine rings is 1. The lowest BCUT2D eigenvalue weighted by molar-refractivity contribution is -0.130. The van der Waals surface area contributed by atoms with Crippen molar-refractivity contribution in [3.05, 3.63) is 42.6 Å². The van der Waals surface area contributed by atoms with Crippen molar-refractivity contribution >= 4 is 35.8 Å². The van der Waals surface area contributed by atoms with Crippen molar-refractivity contribution in [3.63, 3.8) is 0 Å². The molecule has 0 saturated carbocycles. The molecule has 2 aromatic heterocycles. The summed E-state index contributed by atoms with van der Waals surface area (Å²) in [4.78, 5) is 28.8. The smallest absolute Gasteiger partial charge is 0.219 e. The van der Waals surface area contributed by atoms with Crippen LogP contribution in [0.2, 0.25) is 0 Å². The molecule has 0 radical (unpaired) electrons. The van der Waals surface area contributed by atoms with E-state index < -0.39 is 0 Å². The average Bonchev–Trinajstić information content (AvgIpc) is 3.20. The van der Waals surface area contributed by atoms with Crippen molar-refractivity contribution in [1.82, 2.24) is 29.7 Å². The fraction of sp³-hybridized carbons (Fsp3) is 0.444. The average molecular weight is 483 g/mol. The van der Waals surface area contributed by atoms with Crippen LogP contribution in [0.4, 0.5) is 0 Å². The third kappa shape index (κ3) is 5.65. The van der Waals surface area contributed by atoms with Gasteiger partial charge in [-0.2, -0.15) is 0 Å². The Morgan fingerprint density at radius 1 is 1.22 bits per heavy atom. The number of nitrogens with zero attached hydrogens (tertiary/aromatic N) is 6. The molecule has 1 fully saturated rings. The van der Waals surface area contributed by atoms with Gasteiger partial charge in [-0.05, 0) is 18.6 Å². The Morgan fingerprint density at radius 3 is 2.52 bits per heavy atom. The molecule has 3 rings (SSSR count). The minimum absolute atomic E-state index is 0. The summed E-state index contributed by atoms with van der Waals surface area (Å²) in [6.07, 6.45) is 7.17. The lowest BCUT2D eigenvalue weighted by atomic mass is 10.3. The van der Waals surface area contributed by atoms with Crippen LogP contribution >= 0.6 is 24.0 Å². The molecule has 0 atom stereocenters. The zero-order chi connectivity index (χ0) is 18.4. The summed E-state index contributed by atoms with van der Waals surface area (Å²) >= 11 is 0. The van der Waals surface area contributed by atoms with Crippen LogP contribution in [0.25, 0.3) is 5.82 Å². The molecule has 9 heteroatoms. The Labute approximate surface area is 176 Å². The monoisotopic (exact) mass is 483 g/mol. The fourth-order valence-corrected chi connectivity index (χ4v) is 2.88. The Kier molecular flexibility index (Phi) is 8.01. The van der Waals surface area contributed by atoms with Crippen LogP contribution in [-0.2, 0) is 11.3 Å². The molecular formula is C18H26IN7O. The van der Waals surface area contributed by atoms with Crippen LogP contribution < -0.4 is 5.32 Å². The number of hydrogen-bond acceptors (Lipinski definition) is 4. The summed E-state index contributed by atoms with van der Waals surface area (Å²) in [5.74, 6) is 1.85. The predicted octanol–water partition coefficient (Wildman–Crippen LogP) is 1.51. The van der Waals surface area contributed by atoms with Crippen LogP contribution in [0.1, 0.15) is 19.4 Å². The molecule has 0 bridgehead atoms. The Hall–Kier alpha value is -2.17. The van der Waals surface area contributed by atoms with Gasteiger partial charge in [-0.3, -0.25) is 9.36 Å². The first-order chi connectivity index (χ1) is 12.7. The van der Waals surface area contributed by atoms with E-state index in [1.165, 1.54) is 0 Å². The van der Waals surface area contributed by atoms with Gasteiger partial charge in [-0.15, -0.1) is 24.0 Å². The molecule has 27 heavy (non-hydrogen) atoms. The number of piperazine rings is 1. The van der Waals surface area contributed by atoms with Crippen molar-refractivity contribution in [2.75, 3.05) is 32.7 Å². The molecule has 0 unspecified atom stereocenters. The first-order valence-electron chi connectivity index (χ1n) is 8.89. The van der Waals surface area contributed by atoms with Crippen LogP contribution in [-0.4, -0.2) is 68.9 Å². The van der Waals surface area contributed by atoms with Crippen LogP contribution in [0, 0.1) is 0 Å². The van der Waals surface area contributed by atoms with Gasteiger partial charge < -0.3 is 15.1 Å². The molecule has 1 saturated heterocycles. The van der Waals surface area contributed by atoms with Gasteiger partial charge in [0, 0.05) is 58.2 Å². The maximum absolute atomic E-state index is 11.5. The molecule has 0 spiro atoms. The van der Waals surface area contributed by atoms with E-state index in [2.05, 4.69) is 27.1 Å². The number of halogens is 1. The van der Waals surface area contributed by atoms with Crippen molar-refractivity contribution in [3.8, 4) is 5.82 Å². The Bertz CT molecular complexity index is 738. The molecule has 3 heterocycles. The fourth-order valence-electron chi connectivity index (χ4n) is 2.88. The lowest BCUT2D eigenvalue weighted by Gasteiger charge is -2.36. The van der Waals surface area contributed by atoms with Gasteiger partial charge >= 0.3 is 0 Å². The first kappa shape index (κ1) is 21.1. The quantitative estimate of drug-likeness (QED) is 0.406. The van der Waals surface area contributed by atoms with E-state index in [0.29, 0.717) is 6.54 Å². The van der Waals surface area contributed by atoms with E-state index in [9.17, 15) is 4.79 Å². The second-order valence-electron chi connectivity index (χ2n) is 6.16. The number of imidazole rings is 1. The van der Waals surface area contributed by atoms with E-state index >= 15 is 0 Å². The van der Waals surface area contributed by atoms with Gasteiger partial charge in [0.05, 0.1) is 6.54 Å². The summed E-state index contributed by atoms with van der Waals surface area (Å²) < 4.78 is 1.87. The lowest BCUT2D eigenvalue weighted by Crippen LogP contribution is -2.53. The summed E-state index contributed by atoms with van der Waals surface area (Å²) in [7, 11) is 0. The molecule has 1 amide bonds. The Balaban J connectivity index is 0.00000261. The number of aromatic nitrogens is 3. The number of carbonyl (C=O) groups is 1. The van der Waals surface area contributed by atoms with Gasteiger partial charge in [-0.25, -0.2) is 15.0 Å². The van der Waals surface area contributed by atoms with Crippen molar-refractivity contribution in [1.29, 1.82) is 0 Å². The summed E-state index contributed by atoms with van der Waals surface area (Å²) in [5, 5.41) is 3.34. The van der Waals surface area contributed by atoms with Gasteiger partial charge in [0.25, 0.3) is 0 Å². The molecule has 1 aliphatic rings. The largest absolute Gasteiger partial charge is 0.357 e. The molecule has 8 nitrogen and oxygen atoms in total. The highest BCUT2D eigenvalue weighted by atomic mass is 127. The van der Waals surface area contributed by atoms with E-state index in [-0.39, 0.29) is 29.9 Å². The topological polar surface area (TPSA) is 78.7 Å². The summed E-state index contributed by atoms with van der Waals surface area (Å²) in [5.41, 5.74) is 1.05. The standard InChI is InChI=1S/C18H25N7O.HI/c1-3-20-18(24-10-8-23(9-11-24)15(2)26)22-13-16-4-5-17(21-12-16)25-7-6-19-14-25;/h4-7,12,14H,3,8-11,13H2,1-2H3,(H,20,22);1H. The second kappa shape index (κ2) is 10.2. The predicted molar refractivity (Wildman–Crippen MR) is 115 cm³/mol. The number of nitrogens with one attached hydrogen (secondary N) is 1. The van der Waals surface area contributed by atoms with Crippen LogP contribution in [0.5, 0.6) is 0 Å². The van der Waals surface area contributed by atoms with Crippen LogP contribution in [0.15, 0.2) is 42.0 Å². The molecule has 1 aliphatic heterocycles. The molecule has 146 valence electrons. The number of guanidine groups is 1. The number of aliphatic imine (C=N–C) groups is 1. The van der Waals surface area contributed by atoms with Gasteiger partial charge in [0.15, 0.2) is 5.96 Å². The summed E-state index contributed by atoms with van der Waals surface area (Å²) in [6, 6.07) is 3.99. The second-order valence-corrected chi connectivity index (χ2v) is 6.16. The molecule has 2 aromatic rings. The first-order valence-corrected chi connectivity index (χ1v) is 8.89. The summed E-state index contributed by atoms with van der Waals surface area (Å²) in [6.45, 7) is 8.11. The third-order valence-electron chi connectivity index (χ3n) is 4.35. The normalized spacial score (nSPS) is 14.7. The van der Waals surface area contributed by atoms with Crippen molar-refractivity contribution in [2.24, 2.45) is 4.99 Å². The maximum Gasteiger partial charge on any atom is 0.219 e. The van der Waals surface area contributed by atoms with E-state index in [1.54, 1.807) is 19.4 Å². The highest BCUT2D eigenvalue weighted by molar-refractivity contribution is 14.0. The zero-order valence-electron chi connectivity index (χ0n) is 15.7.